The van der Waals surface area contributed by atoms with Crippen LogP contribution in [0.3, 0.4) is 0 Å². The summed E-state index contributed by atoms with van der Waals surface area (Å²) >= 11 is 1.88. The van der Waals surface area contributed by atoms with E-state index in [-0.39, 0.29) is 5.92 Å². The van der Waals surface area contributed by atoms with Crippen LogP contribution < -0.4 is 0 Å². The predicted molar refractivity (Wildman–Crippen MR) is 103 cm³/mol. The van der Waals surface area contributed by atoms with E-state index < -0.39 is 6.17 Å². The Labute approximate surface area is 152 Å². The minimum absolute atomic E-state index is 0.264. The van der Waals surface area contributed by atoms with E-state index in [4.69, 9.17) is 0 Å². The molecule has 0 N–H and O–H groups in total. The Bertz CT molecular complexity index is 845. The Morgan fingerprint density at radius 2 is 2.08 bits per heavy atom. The van der Waals surface area contributed by atoms with Crippen LogP contribution in [0.5, 0.6) is 0 Å². The van der Waals surface area contributed by atoms with E-state index >= 15 is 0 Å². The highest BCUT2D eigenvalue weighted by atomic mass is 32.1. The van der Waals surface area contributed by atoms with E-state index in [1.807, 2.05) is 23.6 Å². The smallest absolute Gasteiger partial charge is 0.114 e. The molecule has 0 saturated carbocycles. The molecule has 1 aliphatic rings. The Hall–Kier alpha value is -1.78. The maximum atomic E-state index is 13.4. The molecule has 2 aromatic heterocycles. The SMILES string of the molecule is CC(c1ccccn1)c1c(CCN2CCC(F)C2)sc2ccccc12. The minimum Gasteiger partial charge on any atom is -0.300 e. The van der Waals surface area contributed by atoms with Gasteiger partial charge in [-0.3, -0.25) is 9.88 Å². The molecule has 3 heterocycles. The zero-order chi connectivity index (χ0) is 17.2. The quantitative estimate of drug-likeness (QED) is 0.638. The lowest BCUT2D eigenvalue weighted by atomic mass is 9.93. The van der Waals surface area contributed by atoms with Crippen molar-refractivity contribution in [2.75, 3.05) is 19.6 Å². The summed E-state index contributed by atoms with van der Waals surface area (Å²) in [5.74, 6) is 0.264. The van der Waals surface area contributed by atoms with E-state index in [9.17, 15) is 4.39 Å². The lowest BCUT2D eigenvalue weighted by molar-refractivity contribution is 0.290. The standard InChI is InChI=1S/C21H23FN2S/c1-15(18-7-4-5-11-23-18)21-17-6-2-3-8-19(17)25-20(21)10-13-24-12-9-16(22)14-24/h2-8,11,15-16H,9-10,12-14H2,1H3. The fraction of sp³-hybridized carbons (Fsp3) is 0.381. The van der Waals surface area contributed by atoms with Gasteiger partial charge in [-0.2, -0.15) is 0 Å². The van der Waals surface area contributed by atoms with Gasteiger partial charge >= 0.3 is 0 Å². The van der Waals surface area contributed by atoms with E-state index in [1.54, 1.807) is 0 Å². The number of aromatic nitrogens is 1. The molecule has 0 spiro atoms. The van der Waals surface area contributed by atoms with Crippen LogP contribution in [0.25, 0.3) is 10.1 Å². The van der Waals surface area contributed by atoms with E-state index in [0.29, 0.717) is 13.0 Å². The zero-order valence-electron chi connectivity index (χ0n) is 14.5. The molecule has 3 aromatic rings. The second-order valence-corrected chi connectivity index (χ2v) is 7.98. The largest absolute Gasteiger partial charge is 0.300 e. The maximum absolute atomic E-state index is 13.4. The second-order valence-electron chi connectivity index (χ2n) is 6.85. The Morgan fingerprint density at radius 3 is 2.84 bits per heavy atom. The van der Waals surface area contributed by atoms with Crippen molar-refractivity contribution in [3.05, 3.63) is 64.8 Å². The summed E-state index contributed by atoms with van der Waals surface area (Å²) in [4.78, 5) is 8.25. The van der Waals surface area contributed by atoms with Gasteiger partial charge in [-0.25, -0.2) is 4.39 Å². The average Bonchev–Trinajstić information content (AvgIpc) is 3.23. The van der Waals surface area contributed by atoms with Crippen LogP contribution in [-0.2, 0) is 6.42 Å². The fourth-order valence-corrected chi connectivity index (χ4v) is 5.09. The molecule has 1 aromatic carbocycles. The van der Waals surface area contributed by atoms with Crippen molar-refractivity contribution in [1.29, 1.82) is 0 Å². The molecule has 2 atom stereocenters. The van der Waals surface area contributed by atoms with Gasteiger partial charge in [-0.15, -0.1) is 11.3 Å². The van der Waals surface area contributed by atoms with Crippen molar-refractivity contribution in [2.24, 2.45) is 0 Å². The van der Waals surface area contributed by atoms with Crippen molar-refractivity contribution in [2.45, 2.75) is 31.9 Å². The normalized spacial score (nSPS) is 19.5. The van der Waals surface area contributed by atoms with Gasteiger partial charge in [0, 0.05) is 47.0 Å². The number of likely N-dealkylation sites (tertiary alicyclic amines) is 1. The summed E-state index contributed by atoms with van der Waals surface area (Å²) in [6.07, 6.45) is 2.89. The highest BCUT2D eigenvalue weighted by Gasteiger charge is 2.24. The van der Waals surface area contributed by atoms with Gasteiger partial charge in [-0.1, -0.05) is 31.2 Å². The van der Waals surface area contributed by atoms with Crippen molar-refractivity contribution < 1.29 is 4.39 Å². The molecule has 2 unspecified atom stereocenters. The van der Waals surface area contributed by atoms with Crippen LogP contribution in [0.4, 0.5) is 4.39 Å². The first-order chi connectivity index (χ1) is 12.2. The van der Waals surface area contributed by atoms with Crippen molar-refractivity contribution in [1.82, 2.24) is 9.88 Å². The predicted octanol–water partition coefficient (Wildman–Crippen LogP) is 5.03. The third kappa shape index (κ3) is 3.46. The number of nitrogens with zero attached hydrogens (tertiary/aromatic N) is 2. The summed E-state index contributed by atoms with van der Waals surface area (Å²) in [5.41, 5.74) is 2.51. The number of hydrogen-bond donors (Lipinski definition) is 0. The molecule has 2 nitrogen and oxygen atoms in total. The van der Waals surface area contributed by atoms with Gasteiger partial charge in [-0.05, 0) is 42.0 Å². The summed E-state index contributed by atoms with van der Waals surface area (Å²) in [6, 6.07) is 14.8. The van der Waals surface area contributed by atoms with Crippen molar-refractivity contribution in [3.63, 3.8) is 0 Å². The molecule has 1 fully saturated rings. The summed E-state index contributed by atoms with van der Waals surface area (Å²) in [7, 11) is 0. The van der Waals surface area contributed by atoms with E-state index in [2.05, 4.69) is 53.2 Å². The van der Waals surface area contributed by atoms with Crippen LogP contribution >= 0.6 is 11.3 Å². The average molecular weight is 354 g/mol. The van der Waals surface area contributed by atoms with Crippen LogP contribution in [0.15, 0.2) is 48.7 Å². The molecule has 0 radical (unpaired) electrons. The Morgan fingerprint density at radius 1 is 1.24 bits per heavy atom. The van der Waals surface area contributed by atoms with Gasteiger partial charge in [0.15, 0.2) is 0 Å². The molecule has 0 aliphatic carbocycles. The molecule has 0 amide bonds. The molecule has 4 heteroatoms. The van der Waals surface area contributed by atoms with E-state index in [1.165, 1.54) is 20.5 Å². The highest BCUT2D eigenvalue weighted by Crippen LogP contribution is 2.38. The first kappa shape index (κ1) is 16.7. The van der Waals surface area contributed by atoms with Gasteiger partial charge < -0.3 is 0 Å². The summed E-state index contributed by atoms with van der Waals surface area (Å²) < 4.78 is 14.8. The minimum atomic E-state index is -0.644. The summed E-state index contributed by atoms with van der Waals surface area (Å²) in [5, 5.41) is 1.34. The number of fused-ring (bicyclic) bond motifs is 1. The topological polar surface area (TPSA) is 16.1 Å². The van der Waals surface area contributed by atoms with Crippen molar-refractivity contribution >= 4 is 21.4 Å². The van der Waals surface area contributed by atoms with E-state index in [0.717, 1.165) is 25.2 Å². The summed E-state index contributed by atoms with van der Waals surface area (Å²) in [6.45, 7) is 4.66. The maximum Gasteiger partial charge on any atom is 0.114 e. The van der Waals surface area contributed by atoms with Gasteiger partial charge in [0.25, 0.3) is 0 Å². The lowest BCUT2D eigenvalue weighted by Crippen LogP contribution is -2.23. The number of rotatable bonds is 5. The van der Waals surface area contributed by atoms with Crippen LogP contribution in [0.1, 0.15) is 35.4 Å². The third-order valence-electron chi connectivity index (χ3n) is 5.15. The number of thiophene rings is 1. The monoisotopic (exact) mass is 354 g/mol. The van der Waals surface area contributed by atoms with Crippen LogP contribution in [-0.4, -0.2) is 35.7 Å². The first-order valence-electron chi connectivity index (χ1n) is 9.00. The van der Waals surface area contributed by atoms with Gasteiger partial charge in [0.05, 0.1) is 0 Å². The Kier molecular flexibility index (Phi) is 4.82. The second kappa shape index (κ2) is 7.22. The molecule has 1 aliphatic heterocycles. The molecule has 1 saturated heterocycles. The van der Waals surface area contributed by atoms with Crippen molar-refractivity contribution in [3.8, 4) is 0 Å². The first-order valence-corrected chi connectivity index (χ1v) is 9.81. The number of benzene rings is 1. The van der Waals surface area contributed by atoms with Crippen LogP contribution in [0.2, 0.25) is 0 Å². The number of alkyl halides is 1. The molecule has 130 valence electrons. The van der Waals surface area contributed by atoms with Gasteiger partial charge in [0.1, 0.15) is 6.17 Å². The highest BCUT2D eigenvalue weighted by molar-refractivity contribution is 7.19. The molecular weight excluding hydrogens is 331 g/mol. The third-order valence-corrected chi connectivity index (χ3v) is 6.39. The fourth-order valence-electron chi connectivity index (χ4n) is 3.80. The number of pyridine rings is 1. The number of halogens is 1. The lowest BCUT2D eigenvalue weighted by Gasteiger charge is -2.17. The molecule has 25 heavy (non-hydrogen) atoms. The molecular formula is C21H23FN2S. The molecule has 0 bridgehead atoms. The van der Waals surface area contributed by atoms with Crippen LogP contribution in [0, 0.1) is 0 Å². The zero-order valence-corrected chi connectivity index (χ0v) is 15.3. The molecule has 4 rings (SSSR count). The number of hydrogen-bond acceptors (Lipinski definition) is 3. The Balaban J connectivity index is 1.66. The van der Waals surface area contributed by atoms with Gasteiger partial charge in [0.2, 0.25) is 0 Å².